The van der Waals surface area contributed by atoms with Gasteiger partial charge in [-0.1, -0.05) is 0 Å². The number of ether oxygens (including phenoxy) is 1. The SMILES string of the molecule is Nc1cc(C=O)ccc1N(N)CCCN1CCC2(CC1)CC(OC=O)C2. The molecule has 2 fully saturated rings. The topological polar surface area (TPSA) is 102 Å². The number of hydrazine groups is 1. The average Bonchev–Trinajstić information content (AvgIpc) is 2.61. The Morgan fingerprint density at radius 2 is 2.00 bits per heavy atom. The number of hydrogen-bond acceptors (Lipinski definition) is 7. The number of carbonyl (C=O) groups is 2. The van der Waals surface area contributed by atoms with Gasteiger partial charge in [0.05, 0.1) is 11.4 Å². The van der Waals surface area contributed by atoms with Crippen molar-refractivity contribution in [3.63, 3.8) is 0 Å². The molecular weight excluding hydrogens is 332 g/mol. The first-order valence-electron chi connectivity index (χ1n) is 9.24. The predicted molar refractivity (Wildman–Crippen MR) is 101 cm³/mol. The van der Waals surface area contributed by atoms with Gasteiger partial charge in [0, 0.05) is 12.1 Å². The third-order valence-electron chi connectivity index (χ3n) is 5.86. The Morgan fingerprint density at radius 3 is 2.62 bits per heavy atom. The molecule has 1 aromatic rings. The molecule has 0 aromatic heterocycles. The van der Waals surface area contributed by atoms with Crippen molar-refractivity contribution >= 4 is 24.1 Å². The first-order chi connectivity index (χ1) is 12.5. The first kappa shape index (κ1) is 18.7. The number of rotatable bonds is 8. The van der Waals surface area contributed by atoms with Crippen molar-refractivity contribution in [2.45, 2.75) is 38.2 Å². The summed E-state index contributed by atoms with van der Waals surface area (Å²) in [5.41, 5.74) is 8.21. The molecule has 7 heteroatoms. The predicted octanol–water partition coefficient (Wildman–Crippen LogP) is 1.57. The molecule has 1 aliphatic heterocycles. The van der Waals surface area contributed by atoms with E-state index in [0.717, 1.165) is 50.9 Å². The highest BCUT2D eigenvalue weighted by Gasteiger charge is 2.46. The van der Waals surface area contributed by atoms with Gasteiger partial charge in [-0.15, -0.1) is 0 Å². The molecule has 0 amide bonds. The maximum atomic E-state index is 10.8. The second kappa shape index (κ2) is 8.05. The zero-order valence-electron chi connectivity index (χ0n) is 15.1. The minimum Gasteiger partial charge on any atom is -0.465 e. The summed E-state index contributed by atoms with van der Waals surface area (Å²) >= 11 is 0. The van der Waals surface area contributed by atoms with Crippen LogP contribution in [0.2, 0.25) is 0 Å². The summed E-state index contributed by atoms with van der Waals surface area (Å²) in [6.45, 7) is 4.47. The molecule has 2 aliphatic rings. The zero-order valence-corrected chi connectivity index (χ0v) is 15.1. The summed E-state index contributed by atoms with van der Waals surface area (Å²) in [5.74, 6) is 6.12. The highest BCUT2D eigenvalue weighted by atomic mass is 16.5. The van der Waals surface area contributed by atoms with E-state index < -0.39 is 0 Å². The minimum absolute atomic E-state index is 0.140. The molecule has 1 spiro atoms. The van der Waals surface area contributed by atoms with Crippen molar-refractivity contribution in [2.24, 2.45) is 11.3 Å². The van der Waals surface area contributed by atoms with Gasteiger partial charge >= 0.3 is 0 Å². The first-order valence-corrected chi connectivity index (χ1v) is 9.24. The van der Waals surface area contributed by atoms with Gasteiger partial charge < -0.3 is 20.4 Å². The summed E-state index contributed by atoms with van der Waals surface area (Å²) in [6, 6.07) is 5.16. The van der Waals surface area contributed by atoms with Gasteiger partial charge in [0.1, 0.15) is 12.4 Å². The van der Waals surface area contributed by atoms with Crippen LogP contribution in [0.5, 0.6) is 0 Å². The molecule has 3 rings (SSSR count). The number of nitrogens with two attached hydrogens (primary N) is 2. The van der Waals surface area contributed by atoms with Gasteiger partial charge in [-0.25, -0.2) is 5.84 Å². The van der Waals surface area contributed by atoms with E-state index in [-0.39, 0.29) is 6.10 Å². The Bertz CT molecular complexity index is 636. The maximum absolute atomic E-state index is 10.8. The van der Waals surface area contributed by atoms with E-state index in [2.05, 4.69) is 4.90 Å². The molecule has 1 aromatic carbocycles. The highest BCUT2D eigenvalue weighted by Crippen LogP contribution is 2.50. The van der Waals surface area contributed by atoms with Crippen LogP contribution in [-0.4, -0.2) is 49.9 Å². The number of piperidine rings is 1. The lowest BCUT2D eigenvalue weighted by molar-refractivity contribution is -0.149. The van der Waals surface area contributed by atoms with Crippen molar-refractivity contribution in [2.75, 3.05) is 36.9 Å². The quantitative estimate of drug-likeness (QED) is 0.314. The van der Waals surface area contributed by atoms with E-state index in [1.165, 1.54) is 12.8 Å². The van der Waals surface area contributed by atoms with Gasteiger partial charge in [-0.2, -0.15) is 0 Å². The van der Waals surface area contributed by atoms with E-state index >= 15 is 0 Å². The summed E-state index contributed by atoms with van der Waals surface area (Å²) in [4.78, 5) is 23.7. The summed E-state index contributed by atoms with van der Waals surface area (Å²) < 4.78 is 5.05. The van der Waals surface area contributed by atoms with Crippen LogP contribution in [0.3, 0.4) is 0 Å². The number of hydrogen-bond donors (Lipinski definition) is 2. The Labute approximate surface area is 154 Å². The van der Waals surface area contributed by atoms with Gasteiger partial charge in [-0.3, -0.25) is 9.59 Å². The second-order valence-corrected chi connectivity index (χ2v) is 7.59. The molecule has 1 heterocycles. The molecule has 0 atom stereocenters. The van der Waals surface area contributed by atoms with Crippen molar-refractivity contribution < 1.29 is 14.3 Å². The van der Waals surface area contributed by atoms with Gasteiger partial charge in [-0.05, 0) is 75.4 Å². The molecule has 0 bridgehead atoms. The fraction of sp³-hybridized carbons (Fsp3) is 0.579. The molecule has 26 heavy (non-hydrogen) atoms. The third kappa shape index (κ3) is 4.16. The molecule has 142 valence electrons. The molecule has 1 aliphatic carbocycles. The van der Waals surface area contributed by atoms with E-state index in [9.17, 15) is 9.59 Å². The lowest BCUT2D eigenvalue weighted by Crippen LogP contribution is -2.50. The van der Waals surface area contributed by atoms with Crippen molar-refractivity contribution in [1.29, 1.82) is 0 Å². The number of carbonyl (C=O) groups excluding carboxylic acids is 2. The molecular formula is C19H28N4O3. The van der Waals surface area contributed by atoms with Crippen molar-refractivity contribution in [3.05, 3.63) is 23.8 Å². The minimum atomic E-state index is 0.140. The summed E-state index contributed by atoms with van der Waals surface area (Å²) in [7, 11) is 0. The van der Waals surface area contributed by atoms with Crippen LogP contribution in [0.1, 0.15) is 42.5 Å². The number of likely N-dealkylation sites (tertiary alicyclic amines) is 1. The molecule has 7 nitrogen and oxygen atoms in total. The smallest absolute Gasteiger partial charge is 0.293 e. The fourth-order valence-electron chi connectivity index (χ4n) is 4.23. The molecule has 0 unspecified atom stereocenters. The van der Waals surface area contributed by atoms with Crippen LogP contribution in [0.15, 0.2) is 18.2 Å². The lowest BCUT2D eigenvalue weighted by Gasteiger charge is -2.51. The maximum Gasteiger partial charge on any atom is 0.293 e. The van der Waals surface area contributed by atoms with Crippen molar-refractivity contribution in [3.8, 4) is 0 Å². The third-order valence-corrected chi connectivity index (χ3v) is 5.86. The highest BCUT2D eigenvalue weighted by molar-refractivity contribution is 5.80. The summed E-state index contributed by atoms with van der Waals surface area (Å²) in [5, 5.41) is 1.66. The average molecular weight is 360 g/mol. The van der Waals surface area contributed by atoms with Gasteiger partial charge in [0.2, 0.25) is 0 Å². The zero-order chi connectivity index (χ0) is 18.6. The monoisotopic (exact) mass is 360 g/mol. The second-order valence-electron chi connectivity index (χ2n) is 7.59. The largest absolute Gasteiger partial charge is 0.465 e. The van der Waals surface area contributed by atoms with Crippen LogP contribution in [0, 0.1) is 5.41 Å². The van der Waals surface area contributed by atoms with Gasteiger partial charge in [0.25, 0.3) is 6.47 Å². The van der Waals surface area contributed by atoms with Crippen LogP contribution < -0.4 is 16.6 Å². The van der Waals surface area contributed by atoms with Gasteiger partial charge in [0.15, 0.2) is 0 Å². The molecule has 4 N–H and O–H groups in total. The number of anilines is 2. The van der Waals surface area contributed by atoms with Crippen molar-refractivity contribution in [1.82, 2.24) is 4.90 Å². The Kier molecular flexibility index (Phi) is 5.78. The standard InChI is InChI=1S/C19H28N4O3/c20-17-10-15(13-24)2-3-18(17)23(21)7-1-6-22-8-4-19(5-9-22)11-16(12-19)26-14-25/h2-3,10,13-14,16H,1,4-9,11-12,20-21H2. The summed E-state index contributed by atoms with van der Waals surface area (Å²) in [6.07, 6.45) is 6.27. The van der Waals surface area contributed by atoms with E-state index in [4.69, 9.17) is 16.3 Å². The number of nitrogens with zero attached hydrogens (tertiary/aromatic N) is 2. The van der Waals surface area contributed by atoms with Crippen LogP contribution in [0.25, 0.3) is 0 Å². The van der Waals surface area contributed by atoms with Crippen LogP contribution in [0.4, 0.5) is 11.4 Å². The fourth-order valence-corrected chi connectivity index (χ4v) is 4.23. The van der Waals surface area contributed by atoms with E-state index in [1.807, 2.05) is 0 Å². The van der Waals surface area contributed by atoms with E-state index in [1.54, 1.807) is 23.2 Å². The number of nitrogen functional groups attached to an aromatic ring is 1. The number of benzene rings is 1. The normalized spacial score (nSPS) is 19.7. The number of aldehydes is 1. The molecule has 1 saturated carbocycles. The molecule has 0 radical (unpaired) electrons. The van der Waals surface area contributed by atoms with E-state index in [0.29, 0.717) is 29.7 Å². The Morgan fingerprint density at radius 1 is 1.27 bits per heavy atom. The Hall–Kier alpha value is -2.12. The Balaban J connectivity index is 1.38. The van der Waals surface area contributed by atoms with Crippen LogP contribution >= 0.6 is 0 Å². The lowest BCUT2D eigenvalue weighted by atomic mass is 9.61. The molecule has 1 saturated heterocycles. The van der Waals surface area contributed by atoms with Crippen LogP contribution in [-0.2, 0) is 9.53 Å².